The molecule has 30 heavy (non-hydrogen) atoms. The topological polar surface area (TPSA) is 103 Å². The van der Waals surface area contributed by atoms with Crippen LogP contribution >= 0.6 is 11.6 Å². The van der Waals surface area contributed by atoms with Crippen molar-refractivity contribution in [2.45, 2.75) is 19.9 Å². The molecule has 4 heterocycles. The number of anilines is 1. The van der Waals surface area contributed by atoms with Crippen LogP contribution in [0.5, 0.6) is 0 Å². The van der Waals surface area contributed by atoms with E-state index in [9.17, 15) is 9.59 Å². The van der Waals surface area contributed by atoms with Gasteiger partial charge in [-0.2, -0.15) is 0 Å². The zero-order valence-electron chi connectivity index (χ0n) is 16.2. The largest absolute Gasteiger partial charge is 0.329 e. The van der Waals surface area contributed by atoms with E-state index in [1.165, 1.54) is 31.0 Å². The predicted octanol–water partition coefficient (Wildman–Crippen LogP) is 3.94. The van der Waals surface area contributed by atoms with Gasteiger partial charge in [-0.1, -0.05) is 11.6 Å². The number of carbonyl (C=O) groups is 2. The third-order valence-electron chi connectivity index (χ3n) is 4.51. The van der Waals surface area contributed by atoms with E-state index in [-0.39, 0.29) is 17.5 Å². The van der Waals surface area contributed by atoms with Crippen LogP contribution in [0.3, 0.4) is 0 Å². The van der Waals surface area contributed by atoms with Gasteiger partial charge in [-0.15, -0.1) is 0 Å². The molecule has 150 valence electrons. The Morgan fingerprint density at radius 3 is 2.63 bits per heavy atom. The first-order valence-electron chi connectivity index (χ1n) is 9.17. The Morgan fingerprint density at radius 2 is 1.90 bits per heavy atom. The Hall–Kier alpha value is -3.65. The first kappa shape index (κ1) is 19.7. The van der Waals surface area contributed by atoms with E-state index in [0.29, 0.717) is 32.9 Å². The van der Waals surface area contributed by atoms with E-state index in [1.54, 1.807) is 24.5 Å². The van der Waals surface area contributed by atoms with Crippen LogP contribution in [0, 0.1) is 0 Å². The highest BCUT2D eigenvalue weighted by Crippen LogP contribution is 2.25. The van der Waals surface area contributed by atoms with Gasteiger partial charge in [0, 0.05) is 41.8 Å². The maximum atomic E-state index is 13.2. The quantitative estimate of drug-likeness (QED) is 0.490. The maximum absolute atomic E-state index is 13.2. The fraction of sp³-hybridized carbons (Fsp3) is 0.143. The maximum Gasteiger partial charge on any atom is 0.274 e. The van der Waals surface area contributed by atoms with E-state index in [0.717, 1.165) is 0 Å². The lowest BCUT2D eigenvalue weighted by Crippen LogP contribution is -2.14. The van der Waals surface area contributed by atoms with Crippen molar-refractivity contribution in [3.05, 3.63) is 77.4 Å². The average Bonchev–Trinajstić information content (AvgIpc) is 3.14. The standard InChI is InChI=1S/C21H17ClN6O2/c1-12(2)28-10-17(16-9-24-11-26-20(16)28)19(29)13-5-15(8-23-6-13)27-21(30)18-4-3-14(22)7-25-18/h3-12H,1-2H3,(H,27,30). The molecule has 0 saturated carbocycles. The summed E-state index contributed by atoms with van der Waals surface area (Å²) in [5, 5.41) is 3.79. The van der Waals surface area contributed by atoms with Gasteiger partial charge in [0.1, 0.15) is 17.7 Å². The first-order valence-corrected chi connectivity index (χ1v) is 9.55. The second kappa shape index (κ2) is 8.00. The van der Waals surface area contributed by atoms with Crippen molar-refractivity contribution in [2.75, 3.05) is 5.32 Å². The number of hydrogen-bond acceptors (Lipinski definition) is 6. The summed E-state index contributed by atoms with van der Waals surface area (Å²) >= 11 is 5.80. The number of hydrogen-bond donors (Lipinski definition) is 1. The molecule has 4 aromatic heterocycles. The lowest BCUT2D eigenvalue weighted by molar-refractivity contribution is 0.101. The number of aromatic nitrogens is 5. The molecule has 0 radical (unpaired) electrons. The number of rotatable bonds is 5. The monoisotopic (exact) mass is 420 g/mol. The summed E-state index contributed by atoms with van der Waals surface area (Å²) in [6, 6.07) is 4.79. The van der Waals surface area contributed by atoms with Crippen molar-refractivity contribution >= 4 is 40.0 Å². The minimum atomic E-state index is -0.428. The Kier molecular flexibility index (Phi) is 5.24. The molecule has 0 spiro atoms. The third kappa shape index (κ3) is 3.77. The minimum Gasteiger partial charge on any atom is -0.329 e. The number of pyridine rings is 2. The number of nitrogens with zero attached hydrogens (tertiary/aromatic N) is 5. The molecule has 0 aliphatic carbocycles. The summed E-state index contributed by atoms with van der Waals surface area (Å²) in [6.07, 6.45) is 9.17. The van der Waals surface area contributed by atoms with Crippen LogP contribution in [0.2, 0.25) is 5.02 Å². The van der Waals surface area contributed by atoms with E-state index < -0.39 is 5.91 Å². The summed E-state index contributed by atoms with van der Waals surface area (Å²) in [4.78, 5) is 42.0. The normalized spacial score (nSPS) is 11.1. The first-order chi connectivity index (χ1) is 14.4. The van der Waals surface area contributed by atoms with Crippen molar-refractivity contribution in [3.63, 3.8) is 0 Å². The van der Waals surface area contributed by atoms with Gasteiger partial charge in [0.2, 0.25) is 0 Å². The molecular weight excluding hydrogens is 404 g/mol. The Bertz CT molecular complexity index is 1250. The van der Waals surface area contributed by atoms with Crippen LogP contribution in [0.25, 0.3) is 11.0 Å². The van der Waals surface area contributed by atoms with Gasteiger partial charge in [-0.25, -0.2) is 15.0 Å². The second-order valence-electron chi connectivity index (χ2n) is 6.91. The second-order valence-corrected chi connectivity index (χ2v) is 7.35. The lowest BCUT2D eigenvalue weighted by Gasteiger charge is -2.07. The molecule has 4 rings (SSSR count). The molecule has 1 N–H and O–H groups in total. The van der Waals surface area contributed by atoms with E-state index in [4.69, 9.17) is 11.6 Å². The molecule has 0 aliphatic rings. The summed E-state index contributed by atoms with van der Waals surface area (Å²) in [6.45, 7) is 4.02. The smallest absolute Gasteiger partial charge is 0.274 e. The van der Waals surface area contributed by atoms with Gasteiger partial charge in [-0.3, -0.25) is 14.6 Å². The van der Waals surface area contributed by atoms with Gasteiger partial charge >= 0.3 is 0 Å². The van der Waals surface area contributed by atoms with Gasteiger partial charge in [-0.05, 0) is 32.0 Å². The molecule has 4 aromatic rings. The van der Waals surface area contributed by atoms with Crippen LogP contribution in [-0.4, -0.2) is 36.2 Å². The molecule has 0 atom stereocenters. The highest BCUT2D eigenvalue weighted by molar-refractivity contribution is 6.30. The highest BCUT2D eigenvalue weighted by Gasteiger charge is 2.20. The summed E-state index contributed by atoms with van der Waals surface area (Å²) in [7, 11) is 0. The van der Waals surface area contributed by atoms with Crippen LogP contribution in [0.15, 0.2) is 55.5 Å². The molecule has 0 aromatic carbocycles. The van der Waals surface area contributed by atoms with Crippen LogP contribution < -0.4 is 5.32 Å². The number of fused-ring (bicyclic) bond motifs is 1. The van der Waals surface area contributed by atoms with Crippen LogP contribution in [-0.2, 0) is 0 Å². The fourth-order valence-corrected chi connectivity index (χ4v) is 3.17. The zero-order chi connectivity index (χ0) is 21.3. The highest BCUT2D eigenvalue weighted by atomic mass is 35.5. The molecular formula is C21H17ClN6O2. The number of amides is 1. The SMILES string of the molecule is CC(C)n1cc(C(=O)c2cncc(NC(=O)c3ccc(Cl)cn3)c2)c2cncnc21. The predicted molar refractivity (Wildman–Crippen MR) is 113 cm³/mol. The van der Waals surface area contributed by atoms with Crippen LogP contribution in [0.1, 0.15) is 46.3 Å². The van der Waals surface area contributed by atoms with E-state index in [2.05, 4.69) is 25.3 Å². The fourth-order valence-electron chi connectivity index (χ4n) is 3.06. The number of ketones is 1. The van der Waals surface area contributed by atoms with Crippen LogP contribution in [0.4, 0.5) is 5.69 Å². The molecule has 0 aliphatic heterocycles. The van der Waals surface area contributed by atoms with Crippen molar-refractivity contribution < 1.29 is 9.59 Å². The zero-order valence-corrected chi connectivity index (χ0v) is 17.0. The van der Waals surface area contributed by atoms with Gasteiger partial charge in [0.25, 0.3) is 5.91 Å². The summed E-state index contributed by atoms with van der Waals surface area (Å²) in [5.41, 5.74) is 2.08. The number of halogens is 1. The molecule has 0 unspecified atom stereocenters. The summed E-state index contributed by atoms with van der Waals surface area (Å²) in [5.74, 6) is -0.662. The molecule has 8 nitrogen and oxygen atoms in total. The summed E-state index contributed by atoms with van der Waals surface area (Å²) < 4.78 is 1.93. The lowest BCUT2D eigenvalue weighted by atomic mass is 10.1. The van der Waals surface area contributed by atoms with Gasteiger partial charge < -0.3 is 9.88 Å². The molecule has 9 heteroatoms. The molecule has 1 amide bonds. The third-order valence-corrected chi connectivity index (χ3v) is 4.74. The Morgan fingerprint density at radius 1 is 1.07 bits per heavy atom. The Balaban J connectivity index is 1.64. The van der Waals surface area contributed by atoms with Gasteiger partial charge in [0.15, 0.2) is 5.78 Å². The molecule has 0 bridgehead atoms. The van der Waals surface area contributed by atoms with Crippen molar-refractivity contribution in [2.24, 2.45) is 0 Å². The molecule has 0 saturated heterocycles. The average molecular weight is 421 g/mol. The van der Waals surface area contributed by atoms with E-state index in [1.807, 2.05) is 18.4 Å². The van der Waals surface area contributed by atoms with E-state index >= 15 is 0 Å². The molecule has 0 fully saturated rings. The van der Waals surface area contributed by atoms with Crippen molar-refractivity contribution in [1.29, 1.82) is 0 Å². The van der Waals surface area contributed by atoms with Crippen molar-refractivity contribution in [3.8, 4) is 0 Å². The number of nitrogens with one attached hydrogen (secondary N) is 1. The van der Waals surface area contributed by atoms with Crippen molar-refractivity contribution in [1.82, 2.24) is 24.5 Å². The van der Waals surface area contributed by atoms with Gasteiger partial charge in [0.05, 0.1) is 22.5 Å². The minimum absolute atomic E-state index is 0.125. The number of carbonyl (C=O) groups excluding carboxylic acids is 2. The Labute approximate surface area is 177 Å².